The van der Waals surface area contributed by atoms with Gasteiger partial charge in [0.2, 0.25) is 0 Å². The maximum atomic E-state index is 13.0. The van der Waals surface area contributed by atoms with Gasteiger partial charge in [-0.1, -0.05) is 23.2 Å². The molecule has 100 valence electrons. The molecule has 1 heterocycles. The maximum absolute atomic E-state index is 13.0. The Morgan fingerprint density at radius 2 is 1.68 bits per heavy atom. The number of aromatic nitrogens is 2. The van der Waals surface area contributed by atoms with E-state index in [9.17, 15) is 8.78 Å². The third-order valence-corrected chi connectivity index (χ3v) is 2.83. The lowest BCUT2D eigenvalue weighted by molar-refractivity contribution is 0.580. The van der Waals surface area contributed by atoms with Crippen molar-refractivity contribution in [1.29, 1.82) is 0 Å². The summed E-state index contributed by atoms with van der Waals surface area (Å²) in [4.78, 5) is 0. The number of anilines is 1. The van der Waals surface area contributed by atoms with E-state index < -0.39 is 11.6 Å². The van der Waals surface area contributed by atoms with Crippen molar-refractivity contribution in [2.45, 2.75) is 6.42 Å². The van der Waals surface area contributed by atoms with E-state index in [0.717, 1.165) is 6.07 Å². The van der Waals surface area contributed by atoms with E-state index in [1.165, 1.54) is 18.2 Å². The van der Waals surface area contributed by atoms with Gasteiger partial charge in [0.25, 0.3) is 0 Å². The van der Waals surface area contributed by atoms with Crippen molar-refractivity contribution in [3.05, 3.63) is 51.8 Å². The van der Waals surface area contributed by atoms with Gasteiger partial charge in [-0.25, -0.2) is 8.78 Å². The lowest BCUT2D eigenvalue weighted by Crippen LogP contribution is -2.06. The van der Waals surface area contributed by atoms with Crippen molar-refractivity contribution in [1.82, 2.24) is 10.2 Å². The Morgan fingerprint density at radius 3 is 2.37 bits per heavy atom. The zero-order valence-electron chi connectivity index (χ0n) is 9.63. The summed E-state index contributed by atoms with van der Waals surface area (Å²) < 4.78 is 26.0. The van der Waals surface area contributed by atoms with Gasteiger partial charge < -0.3 is 5.32 Å². The molecular formula is C12H9Cl2F2N3. The van der Waals surface area contributed by atoms with Crippen LogP contribution in [0.2, 0.25) is 10.3 Å². The summed E-state index contributed by atoms with van der Waals surface area (Å²) in [5, 5.41) is 10.6. The van der Waals surface area contributed by atoms with Crippen LogP contribution in [0, 0.1) is 11.6 Å². The fourth-order valence-corrected chi connectivity index (χ4v) is 1.88. The van der Waals surface area contributed by atoms with Gasteiger partial charge in [-0.05, 0) is 24.1 Å². The molecule has 0 aliphatic carbocycles. The van der Waals surface area contributed by atoms with Gasteiger partial charge in [0.05, 0.1) is 5.69 Å². The van der Waals surface area contributed by atoms with Gasteiger partial charge in [0.1, 0.15) is 11.6 Å². The molecule has 0 saturated carbocycles. The normalized spacial score (nSPS) is 10.5. The van der Waals surface area contributed by atoms with E-state index in [1.807, 2.05) is 0 Å². The monoisotopic (exact) mass is 303 g/mol. The van der Waals surface area contributed by atoms with E-state index in [2.05, 4.69) is 15.5 Å². The van der Waals surface area contributed by atoms with Crippen LogP contribution in [0.4, 0.5) is 14.5 Å². The minimum Gasteiger partial charge on any atom is -0.382 e. The Hall–Kier alpha value is -1.46. The average molecular weight is 304 g/mol. The number of nitrogens with zero attached hydrogens (tertiary/aromatic N) is 2. The Bertz CT molecular complexity index is 573. The third kappa shape index (κ3) is 4.01. The Labute approximate surface area is 118 Å². The number of nitrogens with one attached hydrogen (secondary N) is 1. The van der Waals surface area contributed by atoms with Crippen LogP contribution in [0.5, 0.6) is 0 Å². The number of hydrogen-bond donors (Lipinski definition) is 1. The minimum absolute atomic E-state index is 0.190. The van der Waals surface area contributed by atoms with Crippen LogP contribution in [0.3, 0.4) is 0 Å². The Kier molecular flexibility index (Phi) is 4.50. The van der Waals surface area contributed by atoms with Crippen molar-refractivity contribution in [3.8, 4) is 0 Å². The summed E-state index contributed by atoms with van der Waals surface area (Å²) in [7, 11) is 0. The predicted octanol–water partition coefficient (Wildman–Crippen LogP) is 3.72. The smallest absolute Gasteiger partial charge is 0.174 e. The van der Waals surface area contributed by atoms with Crippen molar-refractivity contribution in [3.63, 3.8) is 0 Å². The van der Waals surface area contributed by atoms with Gasteiger partial charge in [-0.2, -0.15) is 0 Å². The van der Waals surface area contributed by atoms with E-state index >= 15 is 0 Å². The molecule has 2 rings (SSSR count). The zero-order chi connectivity index (χ0) is 13.8. The van der Waals surface area contributed by atoms with Crippen LogP contribution >= 0.6 is 23.2 Å². The molecule has 1 aromatic carbocycles. The highest BCUT2D eigenvalue weighted by Gasteiger charge is 2.04. The van der Waals surface area contributed by atoms with Gasteiger partial charge in [0, 0.05) is 18.7 Å². The summed E-state index contributed by atoms with van der Waals surface area (Å²) in [6.07, 6.45) is 0.435. The van der Waals surface area contributed by atoms with Crippen molar-refractivity contribution >= 4 is 28.9 Å². The van der Waals surface area contributed by atoms with Gasteiger partial charge in [-0.15, -0.1) is 10.2 Å². The van der Waals surface area contributed by atoms with Crippen molar-refractivity contribution in [2.24, 2.45) is 0 Å². The molecular weight excluding hydrogens is 295 g/mol. The maximum Gasteiger partial charge on any atom is 0.174 e. The molecule has 3 nitrogen and oxygen atoms in total. The Balaban J connectivity index is 1.98. The molecule has 0 atom stereocenters. The summed E-state index contributed by atoms with van der Waals surface area (Å²) in [5.41, 5.74) is 1.08. The first-order valence-electron chi connectivity index (χ1n) is 5.42. The van der Waals surface area contributed by atoms with E-state index in [0.29, 0.717) is 24.2 Å². The molecule has 1 N–H and O–H groups in total. The van der Waals surface area contributed by atoms with Crippen LogP contribution < -0.4 is 5.32 Å². The van der Waals surface area contributed by atoms with E-state index in [4.69, 9.17) is 23.2 Å². The summed E-state index contributed by atoms with van der Waals surface area (Å²) in [6.45, 7) is 0.435. The summed E-state index contributed by atoms with van der Waals surface area (Å²) in [6, 6.07) is 4.93. The molecule has 1 aromatic heterocycles. The van der Waals surface area contributed by atoms with Gasteiger partial charge in [0.15, 0.2) is 10.3 Å². The lowest BCUT2D eigenvalue weighted by atomic mass is 10.1. The van der Waals surface area contributed by atoms with Crippen molar-refractivity contribution in [2.75, 3.05) is 11.9 Å². The van der Waals surface area contributed by atoms with Crippen LogP contribution in [-0.4, -0.2) is 16.7 Å². The fourth-order valence-electron chi connectivity index (χ4n) is 1.57. The van der Waals surface area contributed by atoms with E-state index in [1.54, 1.807) is 0 Å². The molecule has 0 saturated heterocycles. The molecule has 0 fully saturated rings. The van der Waals surface area contributed by atoms with Gasteiger partial charge >= 0.3 is 0 Å². The molecule has 2 aromatic rings. The third-order valence-electron chi connectivity index (χ3n) is 2.37. The molecule has 19 heavy (non-hydrogen) atoms. The predicted molar refractivity (Wildman–Crippen MR) is 70.6 cm³/mol. The fraction of sp³-hybridized carbons (Fsp3) is 0.167. The number of halogens is 4. The average Bonchev–Trinajstić information content (AvgIpc) is 2.32. The van der Waals surface area contributed by atoms with Crippen LogP contribution in [-0.2, 0) is 6.42 Å². The second-order valence-electron chi connectivity index (χ2n) is 3.83. The molecule has 7 heteroatoms. The summed E-state index contributed by atoms with van der Waals surface area (Å²) >= 11 is 11.5. The SMILES string of the molecule is Fc1cc(F)cc(CCNc2cc(Cl)nnc2Cl)c1. The molecule has 0 aliphatic rings. The number of benzene rings is 1. The second kappa shape index (κ2) is 6.12. The molecule has 0 amide bonds. The zero-order valence-corrected chi connectivity index (χ0v) is 11.1. The minimum atomic E-state index is -0.596. The number of hydrogen-bond acceptors (Lipinski definition) is 3. The van der Waals surface area contributed by atoms with Gasteiger partial charge in [-0.3, -0.25) is 0 Å². The molecule has 0 radical (unpaired) electrons. The molecule has 0 unspecified atom stereocenters. The first kappa shape index (κ1) is 14.0. The van der Waals surface area contributed by atoms with Crippen LogP contribution in [0.25, 0.3) is 0 Å². The van der Waals surface area contributed by atoms with E-state index in [-0.39, 0.29) is 10.3 Å². The highest BCUT2D eigenvalue weighted by Crippen LogP contribution is 2.20. The van der Waals surface area contributed by atoms with Crippen LogP contribution in [0.1, 0.15) is 5.56 Å². The quantitative estimate of drug-likeness (QED) is 0.935. The highest BCUT2D eigenvalue weighted by molar-refractivity contribution is 6.33. The highest BCUT2D eigenvalue weighted by atomic mass is 35.5. The lowest BCUT2D eigenvalue weighted by Gasteiger charge is -2.07. The summed E-state index contributed by atoms with van der Waals surface area (Å²) in [5.74, 6) is -1.19. The van der Waals surface area contributed by atoms with Crippen LogP contribution in [0.15, 0.2) is 24.3 Å². The Morgan fingerprint density at radius 1 is 1.00 bits per heavy atom. The molecule has 0 bridgehead atoms. The van der Waals surface area contributed by atoms with Crippen molar-refractivity contribution < 1.29 is 8.78 Å². The topological polar surface area (TPSA) is 37.8 Å². The molecule has 0 spiro atoms. The first-order chi connectivity index (χ1) is 9.04. The first-order valence-corrected chi connectivity index (χ1v) is 6.18. The second-order valence-corrected chi connectivity index (χ2v) is 4.57. The molecule has 0 aliphatic heterocycles. The largest absolute Gasteiger partial charge is 0.382 e. The standard InChI is InChI=1S/C12H9Cl2F2N3/c13-11-6-10(12(14)19-18-11)17-2-1-7-3-8(15)5-9(16)4-7/h3-6H,1-2H2,(H,17,18). The number of rotatable bonds is 4.